The molecular weight excluding hydrogens is 250 g/mol. The molecule has 0 heterocycles. The van der Waals surface area contributed by atoms with Gasteiger partial charge in [0.05, 0.1) is 0 Å². The summed E-state index contributed by atoms with van der Waals surface area (Å²) in [4.78, 5) is 10.6. The van der Waals surface area contributed by atoms with Crippen LogP contribution in [0.1, 0.15) is 22.3 Å². The summed E-state index contributed by atoms with van der Waals surface area (Å²) in [6, 6.07) is 3.02. The van der Waals surface area contributed by atoms with E-state index in [4.69, 9.17) is 10.8 Å². The molecule has 0 spiro atoms. The van der Waals surface area contributed by atoms with Crippen LogP contribution in [-0.2, 0) is 21.3 Å². The predicted molar refractivity (Wildman–Crippen MR) is 73.0 cm³/mol. The van der Waals surface area contributed by atoms with Crippen LogP contribution < -0.4 is 5.73 Å². The lowest BCUT2D eigenvalue weighted by molar-refractivity contribution is -0.137. The Labute approximate surface area is 110 Å². The van der Waals surface area contributed by atoms with Crippen LogP contribution >= 0.6 is 0 Å². The first-order chi connectivity index (χ1) is 8.31. The Balaban J connectivity index is 2.80. The molecule has 0 saturated carbocycles. The topological polar surface area (TPSA) is 80.4 Å². The molecule has 0 saturated heterocycles. The summed E-state index contributed by atoms with van der Waals surface area (Å²) in [7, 11) is -1.25. The van der Waals surface area contributed by atoms with Gasteiger partial charge in [0.15, 0.2) is 0 Å². The highest BCUT2D eigenvalue weighted by Crippen LogP contribution is 2.18. The van der Waals surface area contributed by atoms with E-state index in [0.29, 0.717) is 5.75 Å². The summed E-state index contributed by atoms with van der Waals surface area (Å²) >= 11 is 0. The van der Waals surface area contributed by atoms with Gasteiger partial charge in [0.25, 0.3) is 0 Å². The Morgan fingerprint density at radius 3 is 2.28 bits per heavy atom. The van der Waals surface area contributed by atoms with E-state index in [-0.39, 0.29) is 5.75 Å². The number of aliphatic carboxylic acids is 1. The quantitative estimate of drug-likeness (QED) is 0.843. The molecule has 1 aromatic carbocycles. The highest BCUT2D eigenvalue weighted by atomic mass is 32.2. The van der Waals surface area contributed by atoms with Gasteiger partial charge in [0, 0.05) is 22.3 Å². The van der Waals surface area contributed by atoms with E-state index < -0.39 is 22.8 Å². The van der Waals surface area contributed by atoms with Gasteiger partial charge in [-0.15, -0.1) is 0 Å². The molecule has 3 N–H and O–H groups in total. The van der Waals surface area contributed by atoms with E-state index >= 15 is 0 Å². The fourth-order valence-electron chi connectivity index (χ4n) is 1.93. The lowest BCUT2D eigenvalue weighted by atomic mass is 10.0. The van der Waals surface area contributed by atoms with Crippen molar-refractivity contribution in [2.75, 3.05) is 5.75 Å². The smallest absolute Gasteiger partial charge is 0.321 e. The maximum Gasteiger partial charge on any atom is 0.321 e. The molecule has 0 fully saturated rings. The third kappa shape index (κ3) is 3.92. The van der Waals surface area contributed by atoms with Crippen LogP contribution in [0.5, 0.6) is 0 Å². The Morgan fingerprint density at radius 1 is 1.33 bits per heavy atom. The van der Waals surface area contributed by atoms with Crippen molar-refractivity contribution < 1.29 is 14.1 Å². The molecule has 18 heavy (non-hydrogen) atoms. The van der Waals surface area contributed by atoms with Crippen LogP contribution in [-0.4, -0.2) is 27.1 Å². The molecule has 2 atom stereocenters. The van der Waals surface area contributed by atoms with E-state index in [2.05, 4.69) is 0 Å². The SMILES string of the molecule is Cc1cc(C)c(CS(=O)C[C@H](N)C(=O)O)c(C)c1. The maximum atomic E-state index is 11.9. The van der Waals surface area contributed by atoms with Crippen molar-refractivity contribution in [2.45, 2.75) is 32.6 Å². The number of carbonyl (C=O) groups is 1. The number of rotatable bonds is 5. The molecule has 0 aliphatic carbocycles. The highest BCUT2D eigenvalue weighted by molar-refractivity contribution is 7.84. The van der Waals surface area contributed by atoms with Crippen LogP contribution in [0.2, 0.25) is 0 Å². The molecule has 0 aliphatic rings. The molecule has 4 nitrogen and oxygen atoms in total. The fourth-order valence-corrected chi connectivity index (χ4v) is 3.37. The summed E-state index contributed by atoms with van der Waals surface area (Å²) in [5.41, 5.74) is 9.75. The third-order valence-corrected chi connectivity index (χ3v) is 4.17. The van der Waals surface area contributed by atoms with E-state index in [9.17, 15) is 9.00 Å². The molecule has 0 amide bonds. The molecular formula is C13H19NO3S. The Hall–Kier alpha value is -1.20. The minimum Gasteiger partial charge on any atom is -0.480 e. The Bertz CT molecular complexity index is 462. The second-order valence-electron chi connectivity index (χ2n) is 4.57. The zero-order valence-electron chi connectivity index (χ0n) is 10.9. The summed E-state index contributed by atoms with van der Waals surface area (Å²) < 4.78 is 11.9. The molecule has 1 unspecified atom stereocenters. The second kappa shape index (κ2) is 6.11. The average Bonchev–Trinajstić information content (AvgIpc) is 2.23. The zero-order valence-corrected chi connectivity index (χ0v) is 11.7. The van der Waals surface area contributed by atoms with Gasteiger partial charge in [-0.25, -0.2) is 0 Å². The fraction of sp³-hybridized carbons (Fsp3) is 0.462. The van der Waals surface area contributed by atoms with E-state index in [1.165, 1.54) is 5.56 Å². The standard InChI is InChI=1S/C13H19NO3S/c1-8-4-9(2)11(10(3)5-8)6-18(17)7-12(14)13(15)16/h4-5,12H,6-7,14H2,1-3H3,(H,15,16)/t12-,18?/m0/s1. The predicted octanol–water partition coefficient (Wildman–Crippen LogP) is 1.27. The molecule has 5 heteroatoms. The van der Waals surface area contributed by atoms with Gasteiger partial charge in [-0.2, -0.15) is 0 Å². The molecule has 0 aromatic heterocycles. The van der Waals surface area contributed by atoms with Crippen molar-refractivity contribution in [1.82, 2.24) is 0 Å². The van der Waals surface area contributed by atoms with Gasteiger partial charge >= 0.3 is 5.97 Å². The minimum atomic E-state index is -1.25. The van der Waals surface area contributed by atoms with E-state index in [0.717, 1.165) is 16.7 Å². The van der Waals surface area contributed by atoms with Gasteiger partial charge in [-0.1, -0.05) is 17.7 Å². The summed E-state index contributed by atoms with van der Waals surface area (Å²) in [6.45, 7) is 5.97. The molecule has 0 radical (unpaired) electrons. The highest BCUT2D eigenvalue weighted by Gasteiger charge is 2.16. The van der Waals surface area contributed by atoms with Crippen LogP contribution in [0.4, 0.5) is 0 Å². The summed E-state index contributed by atoms with van der Waals surface area (Å²) in [5.74, 6) is -0.762. The van der Waals surface area contributed by atoms with Crippen LogP contribution in [0.3, 0.4) is 0 Å². The minimum absolute atomic E-state index is 0.0118. The normalized spacial score (nSPS) is 14.2. The van der Waals surface area contributed by atoms with Gasteiger partial charge in [0.2, 0.25) is 0 Å². The van der Waals surface area contributed by atoms with Crippen LogP contribution in [0, 0.1) is 20.8 Å². The lowest BCUT2D eigenvalue weighted by Crippen LogP contribution is -2.35. The van der Waals surface area contributed by atoms with Crippen molar-refractivity contribution in [3.05, 3.63) is 34.4 Å². The van der Waals surface area contributed by atoms with Crippen molar-refractivity contribution in [3.8, 4) is 0 Å². The van der Waals surface area contributed by atoms with Crippen molar-refractivity contribution in [1.29, 1.82) is 0 Å². The summed E-state index contributed by atoms with van der Waals surface area (Å²) in [5, 5.41) is 8.68. The molecule has 1 aromatic rings. The van der Waals surface area contributed by atoms with Gasteiger partial charge in [0.1, 0.15) is 6.04 Å². The molecule has 0 bridgehead atoms. The lowest BCUT2D eigenvalue weighted by Gasteiger charge is -2.12. The second-order valence-corrected chi connectivity index (χ2v) is 6.07. The van der Waals surface area contributed by atoms with E-state index in [1.54, 1.807) is 0 Å². The van der Waals surface area contributed by atoms with Crippen molar-refractivity contribution in [2.24, 2.45) is 5.73 Å². The number of nitrogens with two attached hydrogens (primary N) is 1. The van der Waals surface area contributed by atoms with E-state index in [1.807, 2.05) is 32.9 Å². The third-order valence-electron chi connectivity index (χ3n) is 2.83. The van der Waals surface area contributed by atoms with Gasteiger partial charge in [-0.3, -0.25) is 9.00 Å². The first-order valence-corrected chi connectivity index (χ1v) is 7.20. The van der Waals surface area contributed by atoms with Crippen molar-refractivity contribution in [3.63, 3.8) is 0 Å². The first kappa shape index (κ1) is 14.9. The number of benzene rings is 1. The maximum absolute atomic E-state index is 11.9. The number of hydrogen-bond donors (Lipinski definition) is 2. The monoisotopic (exact) mass is 269 g/mol. The molecule has 100 valence electrons. The molecule has 0 aliphatic heterocycles. The number of carboxylic acids is 1. The first-order valence-electron chi connectivity index (χ1n) is 5.71. The van der Waals surface area contributed by atoms with Gasteiger partial charge < -0.3 is 10.8 Å². The van der Waals surface area contributed by atoms with Crippen LogP contribution in [0.25, 0.3) is 0 Å². The van der Waals surface area contributed by atoms with Crippen molar-refractivity contribution >= 4 is 16.8 Å². The number of aryl methyl sites for hydroxylation is 3. The molecule has 1 rings (SSSR count). The Morgan fingerprint density at radius 2 is 1.83 bits per heavy atom. The summed E-state index contributed by atoms with van der Waals surface area (Å²) in [6.07, 6.45) is 0. The number of carboxylic acid groups (broad SMARTS) is 1. The Kier molecular flexibility index (Phi) is 5.04. The number of hydrogen-bond acceptors (Lipinski definition) is 3. The van der Waals surface area contributed by atoms with Crippen LogP contribution in [0.15, 0.2) is 12.1 Å². The largest absolute Gasteiger partial charge is 0.480 e. The van der Waals surface area contributed by atoms with Gasteiger partial charge in [-0.05, 0) is 37.5 Å². The zero-order chi connectivity index (χ0) is 13.9. The average molecular weight is 269 g/mol.